The van der Waals surface area contributed by atoms with Gasteiger partial charge in [-0.25, -0.2) is 0 Å². The van der Waals surface area contributed by atoms with Crippen molar-refractivity contribution in [3.63, 3.8) is 0 Å². The summed E-state index contributed by atoms with van der Waals surface area (Å²) in [6.07, 6.45) is 1.06. The topological polar surface area (TPSA) is 47.7 Å². The van der Waals surface area contributed by atoms with Gasteiger partial charge < -0.3 is 15.2 Å². The molecule has 0 radical (unpaired) electrons. The Hall–Kier alpha value is -0.810. The molecule has 1 rings (SSSR count). The van der Waals surface area contributed by atoms with E-state index in [0.29, 0.717) is 30.0 Å². The highest BCUT2D eigenvalue weighted by Crippen LogP contribution is 2.30. The average molecular weight is 315 g/mol. The Labute approximate surface area is 133 Å². The summed E-state index contributed by atoms with van der Waals surface area (Å²) in [4.78, 5) is 2.38. The van der Waals surface area contributed by atoms with E-state index in [0.717, 1.165) is 18.5 Å². The van der Waals surface area contributed by atoms with Gasteiger partial charge in [-0.05, 0) is 31.0 Å². The number of methoxy groups -OCH3 is 2. The van der Waals surface area contributed by atoms with E-state index in [1.54, 1.807) is 14.2 Å². The number of rotatable bonds is 9. The molecular weight excluding hydrogens is 288 g/mol. The van der Waals surface area contributed by atoms with E-state index in [1.165, 1.54) is 0 Å². The molecule has 0 aromatic heterocycles. The van der Waals surface area contributed by atoms with Crippen LogP contribution in [0.2, 0.25) is 5.02 Å². The minimum absolute atomic E-state index is 0.124. The maximum absolute atomic E-state index is 6.24. The summed E-state index contributed by atoms with van der Waals surface area (Å²) in [6.45, 7) is 6.46. The van der Waals surface area contributed by atoms with Crippen molar-refractivity contribution >= 4 is 11.6 Å². The molecule has 1 aromatic rings. The largest absolute Gasteiger partial charge is 0.495 e. The van der Waals surface area contributed by atoms with Crippen molar-refractivity contribution in [3.8, 4) is 5.75 Å². The van der Waals surface area contributed by atoms with Gasteiger partial charge in [-0.15, -0.1) is 0 Å². The second kappa shape index (κ2) is 9.26. The van der Waals surface area contributed by atoms with Gasteiger partial charge >= 0.3 is 0 Å². The van der Waals surface area contributed by atoms with Crippen LogP contribution in [0.4, 0.5) is 0 Å². The average Bonchev–Trinajstić information content (AvgIpc) is 2.50. The molecule has 0 saturated heterocycles. The van der Waals surface area contributed by atoms with Crippen LogP contribution in [0.25, 0.3) is 0 Å². The number of hydrogen-bond donors (Lipinski definition) is 1. The van der Waals surface area contributed by atoms with Crippen molar-refractivity contribution in [2.75, 3.05) is 33.9 Å². The summed E-state index contributed by atoms with van der Waals surface area (Å²) < 4.78 is 10.4. The third-order valence-electron chi connectivity index (χ3n) is 3.89. The Morgan fingerprint density at radius 1 is 1.33 bits per heavy atom. The number of hydrogen-bond acceptors (Lipinski definition) is 4. The van der Waals surface area contributed by atoms with E-state index in [-0.39, 0.29) is 6.04 Å². The molecule has 5 heteroatoms. The molecule has 4 nitrogen and oxygen atoms in total. The smallest absolute Gasteiger partial charge is 0.137 e. The molecule has 120 valence electrons. The van der Waals surface area contributed by atoms with Crippen LogP contribution >= 0.6 is 11.6 Å². The molecule has 0 spiro atoms. The van der Waals surface area contributed by atoms with E-state index in [4.69, 9.17) is 26.8 Å². The van der Waals surface area contributed by atoms with E-state index < -0.39 is 0 Å². The zero-order valence-electron chi connectivity index (χ0n) is 13.4. The summed E-state index contributed by atoms with van der Waals surface area (Å²) in [7, 11) is 3.34. The predicted molar refractivity (Wildman–Crippen MR) is 88.1 cm³/mol. The molecule has 0 heterocycles. The number of halogens is 1. The van der Waals surface area contributed by atoms with Gasteiger partial charge in [0.25, 0.3) is 0 Å². The molecule has 0 bridgehead atoms. The maximum Gasteiger partial charge on any atom is 0.137 e. The number of ether oxygens (including phenoxy) is 2. The first-order chi connectivity index (χ1) is 10.1. The van der Waals surface area contributed by atoms with E-state index >= 15 is 0 Å². The summed E-state index contributed by atoms with van der Waals surface area (Å²) in [5.74, 6) is 0.683. The van der Waals surface area contributed by atoms with Crippen molar-refractivity contribution in [1.29, 1.82) is 0 Å². The minimum atomic E-state index is 0.124. The summed E-state index contributed by atoms with van der Waals surface area (Å²) >= 11 is 6.24. The zero-order valence-corrected chi connectivity index (χ0v) is 14.2. The van der Waals surface area contributed by atoms with Crippen LogP contribution in [0.5, 0.6) is 5.75 Å². The van der Waals surface area contributed by atoms with Gasteiger partial charge in [0, 0.05) is 32.3 Å². The molecule has 0 saturated carbocycles. The van der Waals surface area contributed by atoms with Crippen molar-refractivity contribution in [1.82, 2.24) is 4.90 Å². The standard InChI is InChI=1S/C16H27ClN2O2/c1-5-12(2)19(8-9-20-3)15(11-18)13-6-7-16(21-4)14(17)10-13/h6-7,10,12,15H,5,8-9,11,18H2,1-4H3. The van der Waals surface area contributed by atoms with Gasteiger partial charge in [0.15, 0.2) is 0 Å². The Balaban J connectivity index is 3.03. The van der Waals surface area contributed by atoms with Gasteiger partial charge in [-0.2, -0.15) is 0 Å². The van der Waals surface area contributed by atoms with Gasteiger partial charge in [0.05, 0.1) is 18.7 Å². The Morgan fingerprint density at radius 3 is 2.52 bits per heavy atom. The highest BCUT2D eigenvalue weighted by molar-refractivity contribution is 6.32. The Morgan fingerprint density at radius 2 is 2.05 bits per heavy atom. The molecule has 2 unspecified atom stereocenters. The van der Waals surface area contributed by atoms with Crippen LogP contribution in [0, 0.1) is 0 Å². The summed E-state index contributed by atoms with van der Waals surface area (Å²) in [6, 6.07) is 6.42. The molecule has 0 amide bonds. The van der Waals surface area contributed by atoms with Crippen LogP contribution in [-0.2, 0) is 4.74 Å². The fourth-order valence-corrected chi connectivity index (χ4v) is 2.73. The molecule has 0 fully saturated rings. The quantitative estimate of drug-likeness (QED) is 0.761. The summed E-state index contributed by atoms with van der Waals surface area (Å²) in [5.41, 5.74) is 7.14. The van der Waals surface area contributed by atoms with Crippen molar-refractivity contribution in [2.45, 2.75) is 32.4 Å². The molecule has 0 aliphatic carbocycles. The van der Waals surface area contributed by atoms with Crippen molar-refractivity contribution in [3.05, 3.63) is 28.8 Å². The minimum Gasteiger partial charge on any atom is -0.495 e. The van der Waals surface area contributed by atoms with Gasteiger partial charge in [0.2, 0.25) is 0 Å². The fourth-order valence-electron chi connectivity index (χ4n) is 2.47. The van der Waals surface area contributed by atoms with Crippen LogP contribution in [-0.4, -0.2) is 44.9 Å². The molecule has 1 aromatic carbocycles. The molecule has 2 N–H and O–H groups in total. The molecular formula is C16H27ClN2O2. The van der Waals surface area contributed by atoms with Crippen LogP contribution in [0.1, 0.15) is 31.9 Å². The first-order valence-electron chi connectivity index (χ1n) is 7.37. The summed E-state index contributed by atoms with van der Waals surface area (Å²) in [5, 5.41) is 0.615. The highest BCUT2D eigenvalue weighted by Gasteiger charge is 2.23. The second-order valence-corrected chi connectivity index (χ2v) is 5.54. The molecule has 21 heavy (non-hydrogen) atoms. The molecule has 0 aliphatic rings. The second-order valence-electron chi connectivity index (χ2n) is 5.13. The lowest BCUT2D eigenvalue weighted by molar-refractivity contribution is 0.0902. The number of nitrogens with two attached hydrogens (primary N) is 1. The lowest BCUT2D eigenvalue weighted by Gasteiger charge is -2.36. The van der Waals surface area contributed by atoms with Gasteiger partial charge in [0.1, 0.15) is 5.75 Å². The third kappa shape index (κ3) is 4.85. The lowest BCUT2D eigenvalue weighted by atomic mass is 10.0. The van der Waals surface area contributed by atoms with Crippen molar-refractivity contribution < 1.29 is 9.47 Å². The van der Waals surface area contributed by atoms with Crippen LogP contribution in [0.15, 0.2) is 18.2 Å². The Bertz CT molecular complexity index is 429. The van der Waals surface area contributed by atoms with Gasteiger partial charge in [-0.3, -0.25) is 4.90 Å². The number of nitrogens with zero attached hydrogens (tertiary/aromatic N) is 1. The monoisotopic (exact) mass is 314 g/mol. The first-order valence-corrected chi connectivity index (χ1v) is 7.74. The van der Waals surface area contributed by atoms with Crippen LogP contribution in [0.3, 0.4) is 0 Å². The van der Waals surface area contributed by atoms with E-state index in [2.05, 4.69) is 18.7 Å². The third-order valence-corrected chi connectivity index (χ3v) is 4.19. The van der Waals surface area contributed by atoms with Crippen LogP contribution < -0.4 is 10.5 Å². The van der Waals surface area contributed by atoms with Gasteiger partial charge in [-0.1, -0.05) is 24.6 Å². The SMILES string of the molecule is CCC(C)N(CCOC)C(CN)c1ccc(OC)c(Cl)c1. The van der Waals surface area contributed by atoms with E-state index in [1.807, 2.05) is 18.2 Å². The Kier molecular flexibility index (Phi) is 8.04. The fraction of sp³-hybridized carbons (Fsp3) is 0.625. The molecule has 0 aliphatic heterocycles. The lowest BCUT2D eigenvalue weighted by Crippen LogP contribution is -2.41. The number of benzene rings is 1. The van der Waals surface area contributed by atoms with E-state index in [9.17, 15) is 0 Å². The predicted octanol–water partition coefficient (Wildman–Crippen LogP) is 3.10. The normalized spacial score (nSPS) is 14.2. The maximum atomic E-state index is 6.24. The zero-order chi connectivity index (χ0) is 15.8. The first kappa shape index (κ1) is 18.2. The highest BCUT2D eigenvalue weighted by atomic mass is 35.5. The molecule has 2 atom stereocenters. The van der Waals surface area contributed by atoms with Crippen molar-refractivity contribution in [2.24, 2.45) is 5.73 Å².